The molecule has 0 amide bonds. The molecule has 2 N–H and O–H groups in total. The maximum Gasteiger partial charge on any atom is 0.335 e. The number of halogens is 1. The number of hydrogen-bond donors (Lipinski definition) is 2. The number of carbonyl (C=O) groups is 2. The fraction of sp³-hybridized carbons (Fsp3) is 0.111. The molecule has 0 saturated carbocycles. The third-order valence-electron chi connectivity index (χ3n) is 1.67. The number of carboxylic acid groups (broad SMARTS) is 1. The van der Waals surface area contributed by atoms with Crippen LogP contribution in [0.25, 0.3) is 0 Å². The minimum absolute atomic E-state index is 0.0476. The van der Waals surface area contributed by atoms with Gasteiger partial charge >= 0.3 is 5.97 Å². The fourth-order valence-corrected chi connectivity index (χ4v) is 1.27. The number of Topliss-reactive ketones (excluding diaryl/α,β-unsaturated/α-hetero) is 1. The molecule has 0 spiro atoms. The Labute approximate surface area is 88.3 Å². The van der Waals surface area contributed by atoms with E-state index in [-0.39, 0.29) is 28.0 Å². The monoisotopic (exact) mass is 258 g/mol. The predicted octanol–water partition coefficient (Wildman–Crippen LogP) is 1.67. The predicted molar refractivity (Wildman–Crippen MR) is 53.2 cm³/mol. The topological polar surface area (TPSA) is 74.6 Å². The zero-order chi connectivity index (χ0) is 10.7. The highest BCUT2D eigenvalue weighted by molar-refractivity contribution is 9.09. The molecule has 0 saturated heterocycles. The van der Waals surface area contributed by atoms with Gasteiger partial charge in [-0.05, 0) is 18.2 Å². The van der Waals surface area contributed by atoms with Gasteiger partial charge in [0.15, 0.2) is 5.78 Å². The Bertz CT molecular complexity index is 386. The lowest BCUT2D eigenvalue weighted by atomic mass is 10.1. The first-order valence-electron chi connectivity index (χ1n) is 3.71. The molecule has 0 atom stereocenters. The number of phenolic OH excluding ortho intramolecular Hbond substituents is 1. The standard InChI is InChI=1S/C9H7BrO4/c10-4-8(12)6-2-1-5(9(13)14)3-7(6)11/h1-3,11H,4H2,(H,13,14). The van der Waals surface area contributed by atoms with Crippen LogP contribution in [0.15, 0.2) is 18.2 Å². The number of aromatic hydroxyl groups is 1. The van der Waals surface area contributed by atoms with Crippen LogP contribution in [-0.4, -0.2) is 27.3 Å². The maximum atomic E-state index is 11.2. The van der Waals surface area contributed by atoms with Crippen molar-refractivity contribution in [2.45, 2.75) is 0 Å². The van der Waals surface area contributed by atoms with Gasteiger partial charge in [0.1, 0.15) is 5.75 Å². The van der Waals surface area contributed by atoms with Crippen molar-refractivity contribution in [3.8, 4) is 5.75 Å². The summed E-state index contributed by atoms with van der Waals surface area (Å²) in [5.41, 5.74) is 0.0699. The summed E-state index contributed by atoms with van der Waals surface area (Å²) in [6, 6.07) is 3.62. The molecule has 0 aliphatic rings. The molecule has 1 aromatic rings. The largest absolute Gasteiger partial charge is 0.507 e. The molecular formula is C9H7BrO4. The SMILES string of the molecule is O=C(O)c1ccc(C(=O)CBr)c(O)c1. The van der Waals surface area contributed by atoms with Crippen molar-refractivity contribution in [2.75, 3.05) is 5.33 Å². The smallest absolute Gasteiger partial charge is 0.335 e. The van der Waals surface area contributed by atoms with E-state index in [1.807, 2.05) is 0 Å². The Balaban J connectivity index is 3.14. The lowest BCUT2D eigenvalue weighted by Crippen LogP contribution is -2.02. The zero-order valence-corrected chi connectivity index (χ0v) is 8.61. The second-order valence-corrected chi connectivity index (χ2v) is 3.15. The number of benzene rings is 1. The summed E-state index contributed by atoms with van der Waals surface area (Å²) in [6.07, 6.45) is 0. The molecule has 0 radical (unpaired) electrons. The fourth-order valence-electron chi connectivity index (χ4n) is 0.972. The highest BCUT2D eigenvalue weighted by Crippen LogP contribution is 2.19. The summed E-state index contributed by atoms with van der Waals surface area (Å²) in [7, 11) is 0. The number of alkyl halides is 1. The average Bonchev–Trinajstić information content (AvgIpc) is 2.16. The molecule has 1 aromatic carbocycles. The molecule has 74 valence electrons. The molecule has 0 aliphatic carbocycles. The Morgan fingerprint density at radius 3 is 2.43 bits per heavy atom. The van der Waals surface area contributed by atoms with Gasteiger partial charge in [-0.25, -0.2) is 4.79 Å². The van der Waals surface area contributed by atoms with Crippen molar-refractivity contribution in [3.05, 3.63) is 29.3 Å². The second kappa shape index (κ2) is 4.23. The molecule has 0 bridgehead atoms. The molecule has 4 nitrogen and oxygen atoms in total. The van der Waals surface area contributed by atoms with E-state index in [1.165, 1.54) is 12.1 Å². The van der Waals surface area contributed by atoms with Gasteiger partial charge in [-0.3, -0.25) is 4.79 Å². The van der Waals surface area contributed by atoms with Gasteiger partial charge in [0.05, 0.1) is 16.5 Å². The van der Waals surface area contributed by atoms with Gasteiger partial charge in [-0.2, -0.15) is 0 Å². The van der Waals surface area contributed by atoms with E-state index in [0.717, 1.165) is 6.07 Å². The van der Waals surface area contributed by atoms with Crippen molar-refractivity contribution < 1.29 is 19.8 Å². The van der Waals surface area contributed by atoms with Gasteiger partial charge in [0.2, 0.25) is 0 Å². The lowest BCUT2D eigenvalue weighted by molar-refractivity contribution is 0.0696. The third-order valence-corrected chi connectivity index (χ3v) is 2.18. The Morgan fingerprint density at radius 2 is 2.00 bits per heavy atom. The minimum atomic E-state index is -1.14. The maximum absolute atomic E-state index is 11.2. The Hall–Kier alpha value is -1.36. The molecule has 14 heavy (non-hydrogen) atoms. The number of carboxylic acids is 1. The number of carbonyl (C=O) groups excluding carboxylic acids is 1. The van der Waals surface area contributed by atoms with E-state index < -0.39 is 5.97 Å². The van der Waals surface area contributed by atoms with Crippen LogP contribution in [0.3, 0.4) is 0 Å². The van der Waals surface area contributed by atoms with Gasteiger partial charge in [-0.15, -0.1) is 0 Å². The molecule has 0 aliphatic heterocycles. The minimum Gasteiger partial charge on any atom is -0.507 e. The molecule has 0 unspecified atom stereocenters. The van der Waals surface area contributed by atoms with Crippen LogP contribution in [-0.2, 0) is 0 Å². The molecule has 5 heteroatoms. The second-order valence-electron chi connectivity index (χ2n) is 2.59. The summed E-state index contributed by atoms with van der Waals surface area (Å²) in [6.45, 7) is 0. The van der Waals surface area contributed by atoms with E-state index in [4.69, 9.17) is 5.11 Å². The van der Waals surface area contributed by atoms with Crippen LogP contribution in [0.5, 0.6) is 5.75 Å². The Morgan fingerprint density at radius 1 is 1.36 bits per heavy atom. The van der Waals surface area contributed by atoms with Crippen molar-refractivity contribution in [3.63, 3.8) is 0 Å². The number of aromatic carboxylic acids is 1. The van der Waals surface area contributed by atoms with E-state index in [0.29, 0.717) is 0 Å². The van der Waals surface area contributed by atoms with E-state index >= 15 is 0 Å². The number of rotatable bonds is 3. The number of ketones is 1. The number of phenols is 1. The van der Waals surface area contributed by atoms with Gasteiger partial charge in [0.25, 0.3) is 0 Å². The van der Waals surface area contributed by atoms with Crippen LogP contribution < -0.4 is 0 Å². The van der Waals surface area contributed by atoms with Crippen molar-refractivity contribution in [1.82, 2.24) is 0 Å². The van der Waals surface area contributed by atoms with Gasteiger partial charge < -0.3 is 10.2 Å². The zero-order valence-electron chi connectivity index (χ0n) is 7.03. The van der Waals surface area contributed by atoms with E-state index in [2.05, 4.69) is 15.9 Å². The first kappa shape index (κ1) is 10.7. The lowest BCUT2D eigenvalue weighted by Gasteiger charge is -2.02. The summed E-state index contributed by atoms with van der Waals surface area (Å²) >= 11 is 2.96. The molecular weight excluding hydrogens is 252 g/mol. The normalized spacial score (nSPS) is 9.79. The average molecular weight is 259 g/mol. The molecule has 1 rings (SSSR count). The first-order chi connectivity index (χ1) is 6.56. The number of hydrogen-bond acceptors (Lipinski definition) is 3. The van der Waals surface area contributed by atoms with Crippen LogP contribution in [0, 0.1) is 0 Å². The summed E-state index contributed by atoms with van der Waals surface area (Å²) in [5.74, 6) is -1.74. The van der Waals surface area contributed by atoms with Gasteiger partial charge in [-0.1, -0.05) is 15.9 Å². The summed E-state index contributed by atoms with van der Waals surface area (Å²) in [4.78, 5) is 21.7. The third kappa shape index (κ3) is 2.11. The van der Waals surface area contributed by atoms with Gasteiger partial charge in [0, 0.05) is 0 Å². The van der Waals surface area contributed by atoms with E-state index in [1.54, 1.807) is 0 Å². The van der Waals surface area contributed by atoms with E-state index in [9.17, 15) is 14.7 Å². The quantitative estimate of drug-likeness (QED) is 0.639. The van der Waals surface area contributed by atoms with Crippen molar-refractivity contribution >= 4 is 27.7 Å². The molecule has 0 fully saturated rings. The highest BCUT2D eigenvalue weighted by Gasteiger charge is 2.12. The highest BCUT2D eigenvalue weighted by atomic mass is 79.9. The van der Waals surface area contributed by atoms with Crippen molar-refractivity contribution in [1.29, 1.82) is 0 Å². The van der Waals surface area contributed by atoms with Crippen molar-refractivity contribution in [2.24, 2.45) is 0 Å². The van der Waals surface area contributed by atoms with Crippen LogP contribution >= 0.6 is 15.9 Å². The van der Waals surface area contributed by atoms with Crippen LogP contribution in [0.2, 0.25) is 0 Å². The van der Waals surface area contributed by atoms with Crippen LogP contribution in [0.4, 0.5) is 0 Å². The molecule has 0 heterocycles. The molecule has 0 aromatic heterocycles. The summed E-state index contributed by atoms with van der Waals surface area (Å²) < 4.78 is 0. The van der Waals surface area contributed by atoms with Crippen LogP contribution in [0.1, 0.15) is 20.7 Å². The first-order valence-corrected chi connectivity index (χ1v) is 4.84. The summed E-state index contributed by atoms with van der Waals surface area (Å²) in [5, 5.41) is 18.0. The Kier molecular flexibility index (Phi) is 3.24.